The molecule has 1 heterocycles. The average Bonchev–Trinajstić information content (AvgIpc) is 2.24. The van der Waals surface area contributed by atoms with Gasteiger partial charge in [-0.3, -0.25) is 4.90 Å². The van der Waals surface area contributed by atoms with E-state index in [1.807, 2.05) is 0 Å². The molecule has 3 N–H and O–H groups in total. The number of morpholine rings is 1. The molecule has 1 rings (SSSR count). The molecule has 1 unspecified atom stereocenters. The predicted molar refractivity (Wildman–Crippen MR) is 63.7 cm³/mol. The summed E-state index contributed by atoms with van der Waals surface area (Å²) in [7, 11) is 0. The summed E-state index contributed by atoms with van der Waals surface area (Å²) in [5.74, 6) is 0.304. The van der Waals surface area contributed by atoms with Gasteiger partial charge in [-0.15, -0.1) is 0 Å². The van der Waals surface area contributed by atoms with E-state index in [1.165, 1.54) is 0 Å². The van der Waals surface area contributed by atoms with Crippen molar-refractivity contribution in [2.24, 2.45) is 10.9 Å². The van der Waals surface area contributed by atoms with Crippen LogP contribution in [0.25, 0.3) is 0 Å². The van der Waals surface area contributed by atoms with Gasteiger partial charge in [0.1, 0.15) is 5.84 Å². The fourth-order valence-corrected chi connectivity index (χ4v) is 2.33. The Labute approximate surface area is 97.2 Å². The summed E-state index contributed by atoms with van der Waals surface area (Å²) in [6.07, 6.45) is 2.12. The van der Waals surface area contributed by atoms with Gasteiger partial charge in [0.15, 0.2) is 0 Å². The van der Waals surface area contributed by atoms with Crippen LogP contribution in [0.2, 0.25) is 0 Å². The molecule has 1 saturated heterocycles. The third-order valence-electron chi connectivity index (χ3n) is 3.01. The number of hydrogen-bond donors (Lipinski definition) is 2. The Morgan fingerprint density at radius 2 is 2.06 bits per heavy atom. The standard InChI is InChI=1S/C11H23N3O2/c1-4-10(5-11(12)13-15)14-6-8(2)16-9(3)7-14/h8-10,15H,4-7H2,1-3H3,(H2,12,13)/t8-,9+,10?. The van der Waals surface area contributed by atoms with Crippen LogP contribution in [0.5, 0.6) is 0 Å². The third kappa shape index (κ3) is 3.64. The van der Waals surface area contributed by atoms with E-state index in [0.717, 1.165) is 19.5 Å². The molecule has 1 aliphatic heterocycles. The molecule has 0 aromatic heterocycles. The zero-order valence-electron chi connectivity index (χ0n) is 10.4. The number of oxime groups is 1. The second kappa shape index (κ2) is 6.06. The van der Waals surface area contributed by atoms with Gasteiger partial charge in [-0.05, 0) is 20.3 Å². The highest BCUT2D eigenvalue weighted by molar-refractivity contribution is 5.80. The second-order valence-corrected chi connectivity index (χ2v) is 4.57. The second-order valence-electron chi connectivity index (χ2n) is 4.57. The fraction of sp³-hybridized carbons (Fsp3) is 0.909. The summed E-state index contributed by atoms with van der Waals surface area (Å²) in [5, 5.41) is 11.6. The van der Waals surface area contributed by atoms with Gasteiger partial charge in [-0.1, -0.05) is 12.1 Å². The lowest BCUT2D eigenvalue weighted by atomic mass is 10.1. The van der Waals surface area contributed by atoms with Crippen molar-refractivity contribution in [1.82, 2.24) is 4.90 Å². The van der Waals surface area contributed by atoms with Crippen molar-refractivity contribution in [3.63, 3.8) is 0 Å². The van der Waals surface area contributed by atoms with Gasteiger partial charge < -0.3 is 15.7 Å². The maximum absolute atomic E-state index is 8.60. The summed E-state index contributed by atoms with van der Waals surface area (Å²) in [4.78, 5) is 2.37. The molecule has 5 heteroatoms. The summed E-state index contributed by atoms with van der Waals surface area (Å²) < 4.78 is 5.69. The van der Waals surface area contributed by atoms with E-state index >= 15 is 0 Å². The highest BCUT2D eigenvalue weighted by Gasteiger charge is 2.27. The van der Waals surface area contributed by atoms with Crippen molar-refractivity contribution in [2.45, 2.75) is 51.9 Å². The number of ether oxygens (including phenoxy) is 1. The van der Waals surface area contributed by atoms with Crippen LogP contribution in [0.15, 0.2) is 5.16 Å². The lowest BCUT2D eigenvalue weighted by Crippen LogP contribution is -2.50. The summed E-state index contributed by atoms with van der Waals surface area (Å²) in [5.41, 5.74) is 5.57. The lowest BCUT2D eigenvalue weighted by Gasteiger charge is -2.39. The van der Waals surface area contributed by atoms with Crippen LogP contribution >= 0.6 is 0 Å². The van der Waals surface area contributed by atoms with Gasteiger partial charge >= 0.3 is 0 Å². The zero-order valence-corrected chi connectivity index (χ0v) is 10.4. The first kappa shape index (κ1) is 13.3. The van der Waals surface area contributed by atoms with Gasteiger partial charge in [-0.2, -0.15) is 0 Å². The Kier molecular flexibility index (Phi) is 5.02. The SMILES string of the molecule is CCC(CC(N)=NO)N1C[C@@H](C)O[C@@H](C)C1. The molecule has 0 radical (unpaired) electrons. The number of nitrogens with two attached hydrogens (primary N) is 1. The minimum atomic E-state index is 0.255. The van der Waals surface area contributed by atoms with Crippen LogP contribution in [-0.2, 0) is 4.74 Å². The van der Waals surface area contributed by atoms with Gasteiger partial charge in [0.05, 0.1) is 12.2 Å². The van der Waals surface area contributed by atoms with Gasteiger partial charge in [-0.25, -0.2) is 0 Å². The molecular formula is C11H23N3O2. The van der Waals surface area contributed by atoms with Crippen LogP contribution in [0.4, 0.5) is 0 Å². The molecule has 0 spiro atoms. The normalized spacial score (nSPS) is 30.3. The summed E-state index contributed by atoms with van der Waals surface area (Å²) >= 11 is 0. The molecule has 5 nitrogen and oxygen atoms in total. The van der Waals surface area contributed by atoms with E-state index in [0.29, 0.717) is 18.3 Å². The van der Waals surface area contributed by atoms with Crippen molar-refractivity contribution in [2.75, 3.05) is 13.1 Å². The molecule has 0 aromatic rings. The molecule has 0 aromatic carbocycles. The molecule has 94 valence electrons. The maximum atomic E-state index is 8.60. The zero-order chi connectivity index (χ0) is 12.1. The Balaban J connectivity index is 2.57. The number of rotatable bonds is 4. The van der Waals surface area contributed by atoms with E-state index in [-0.39, 0.29) is 12.2 Å². The van der Waals surface area contributed by atoms with Crippen LogP contribution in [0.1, 0.15) is 33.6 Å². The van der Waals surface area contributed by atoms with Crippen LogP contribution in [0, 0.1) is 0 Å². The molecule has 0 saturated carbocycles. The monoisotopic (exact) mass is 229 g/mol. The minimum Gasteiger partial charge on any atom is -0.409 e. The van der Waals surface area contributed by atoms with Crippen LogP contribution < -0.4 is 5.73 Å². The Hall–Kier alpha value is -0.810. The van der Waals surface area contributed by atoms with Crippen molar-refractivity contribution < 1.29 is 9.94 Å². The minimum absolute atomic E-state index is 0.255. The Morgan fingerprint density at radius 1 is 1.50 bits per heavy atom. The molecule has 0 amide bonds. The smallest absolute Gasteiger partial charge is 0.140 e. The molecule has 0 aliphatic carbocycles. The molecule has 0 bridgehead atoms. The first-order chi connectivity index (χ1) is 7.56. The first-order valence-electron chi connectivity index (χ1n) is 5.92. The molecule has 3 atom stereocenters. The topological polar surface area (TPSA) is 71.1 Å². The lowest BCUT2D eigenvalue weighted by molar-refractivity contribution is -0.0800. The van der Waals surface area contributed by atoms with Crippen LogP contribution in [0.3, 0.4) is 0 Å². The Bertz CT molecular complexity index is 235. The summed E-state index contributed by atoms with van der Waals surface area (Å²) in [6, 6.07) is 0.338. The quantitative estimate of drug-likeness (QED) is 0.327. The first-order valence-corrected chi connectivity index (χ1v) is 5.92. The predicted octanol–water partition coefficient (Wildman–Crippen LogP) is 1.01. The summed E-state index contributed by atoms with van der Waals surface area (Å²) in [6.45, 7) is 8.13. The van der Waals surface area contributed by atoms with Crippen molar-refractivity contribution in [3.05, 3.63) is 0 Å². The van der Waals surface area contributed by atoms with E-state index in [2.05, 4.69) is 30.8 Å². The average molecular weight is 229 g/mol. The highest BCUT2D eigenvalue weighted by atomic mass is 16.5. The molecule has 16 heavy (non-hydrogen) atoms. The number of nitrogens with zero attached hydrogens (tertiary/aromatic N) is 2. The molecular weight excluding hydrogens is 206 g/mol. The van der Waals surface area contributed by atoms with Gasteiger partial charge in [0, 0.05) is 25.6 Å². The molecule has 1 fully saturated rings. The van der Waals surface area contributed by atoms with E-state index < -0.39 is 0 Å². The van der Waals surface area contributed by atoms with E-state index in [4.69, 9.17) is 15.7 Å². The Morgan fingerprint density at radius 3 is 2.50 bits per heavy atom. The van der Waals surface area contributed by atoms with E-state index in [9.17, 15) is 0 Å². The number of hydrogen-bond acceptors (Lipinski definition) is 4. The largest absolute Gasteiger partial charge is 0.409 e. The highest BCUT2D eigenvalue weighted by Crippen LogP contribution is 2.17. The van der Waals surface area contributed by atoms with Crippen molar-refractivity contribution in [3.8, 4) is 0 Å². The van der Waals surface area contributed by atoms with Crippen LogP contribution in [-0.4, -0.2) is 47.3 Å². The van der Waals surface area contributed by atoms with Crippen molar-refractivity contribution >= 4 is 5.84 Å². The van der Waals surface area contributed by atoms with Gasteiger partial charge in [0.2, 0.25) is 0 Å². The number of amidine groups is 1. The fourth-order valence-electron chi connectivity index (χ4n) is 2.33. The maximum Gasteiger partial charge on any atom is 0.140 e. The van der Waals surface area contributed by atoms with E-state index in [1.54, 1.807) is 0 Å². The van der Waals surface area contributed by atoms with Gasteiger partial charge in [0.25, 0.3) is 0 Å². The van der Waals surface area contributed by atoms with Crippen molar-refractivity contribution in [1.29, 1.82) is 0 Å². The molecule has 1 aliphatic rings. The third-order valence-corrected chi connectivity index (χ3v) is 3.01.